The Morgan fingerprint density at radius 2 is 1.57 bits per heavy atom. The third kappa shape index (κ3) is 6.22. The molecular weight excluding hydrogens is 593 g/mol. The van der Waals surface area contributed by atoms with Crippen molar-refractivity contribution in [3.63, 3.8) is 0 Å². The van der Waals surface area contributed by atoms with E-state index in [2.05, 4.69) is 12.1 Å². The van der Waals surface area contributed by atoms with Crippen LogP contribution in [-0.2, 0) is 10.3 Å². The molecule has 0 bridgehead atoms. The van der Waals surface area contributed by atoms with Crippen LogP contribution in [0.2, 0.25) is 15.1 Å². The molecule has 222 valence electrons. The van der Waals surface area contributed by atoms with Crippen LogP contribution in [0.1, 0.15) is 43.7 Å². The van der Waals surface area contributed by atoms with Gasteiger partial charge in [-0.3, -0.25) is 4.79 Å². The number of carbonyl (C=O) groups is 2. The van der Waals surface area contributed by atoms with E-state index in [4.69, 9.17) is 39.5 Å². The van der Waals surface area contributed by atoms with Crippen molar-refractivity contribution in [3.8, 4) is 5.75 Å². The highest BCUT2D eigenvalue weighted by atomic mass is 35.5. The highest BCUT2D eigenvalue weighted by Gasteiger charge is 2.45. The molecule has 2 fully saturated rings. The predicted octanol–water partition coefficient (Wildman–Crippen LogP) is 7.72. The summed E-state index contributed by atoms with van der Waals surface area (Å²) >= 11 is 18.7. The molecule has 5 rings (SSSR count). The number of likely N-dealkylation sites (tertiary alicyclic amines) is 2. The van der Waals surface area contributed by atoms with Gasteiger partial charge in [-0.15, -0.1) is 0 Å². The number of benzene rings is 3. The van der Waals surface area contributed by atoms with Crippen molar-refractivity contribution in [2.75, 3.05) is 33.2 Å². The molecule has 2 aliphatic heterocycles. The molecule has 3 aromatic rings. The Kier molecular flexibility index (Phi) is 9.26. The maximum Gasteiger partial charge on any atom is 0.320 e. The molecule has 3 aromatic carbocycles. The summed E-state index contributed by atoms with van der Waals surface area (Å²) in [5, 5.41) is 1.64. The first-order valence-electron chi connectivity index (χ1n) is 14.3. The smallest absolute Gasteiger partial charge is 0.320 e. The van der Waals surface area contributed by atoms with E-state index in [0.717, 1.165) is 16.9 Å². The lowest BCUT2D eigenvalue weighted by molar-refractivity contribution is -0.135. The van der Waals surface area contributed by atoms with Crippen LogP contribution in [0.3, 0.4) is 0 Å². The number of halogens is 3. The van der Waals surface area contributed by atoms with E-state index in [1.165, 1.54) is 0 Å². The number of rotatable bonds is 6. The van der Waals surface area contributed by atoms with E-state index < -0.39 is 5.54 Å². The molecule has 2 saturated heterocycles. The third-order valence-corrected chi connectivity index (χ3v) is 10.0. The van der Waals surface area contributed by atoms with Crippen LogP contribution in [0.15, 0.2) is 72.8 Å². The van der Waals surface area contributed by atoms with Gasteiger partial charge < -0.3 is 19.4 Å². The second-order valence-corrected chi connectivity index (χ2v) is 12.6. The maximum absolute atomic E-state index is 14.0. The number of hydrogen-bond donors (Lipinski definition) is 0. The van der Waals surface area contributed by atoms with Crippen LogP contribution < -0.4 is 4.74 Å². The second kappa shape index (κ2) is 12.7. The number of urea groups is 1. The van der Waals surface area contributed by atoms with Crippen molar-refractivity contribution in [2.45, 2.75) is 44.2 Å². The van der Waals surface area contributed by atoms with Gasteiger partial charge in [-0.1, -0.05) is 71.2 Å². The lowest BCUT2D eigenvalue weighted by Crippen LogP contribution is -2.56. The molecule has 0 saturated carbocycles. The fourth-order valence-electron chi connectivity index (χ4n) is 6.51. The molecular formula is C33H36Cl3N3O3. The summed E-state index contributed by atoms with van der Waals surface area (Å²) in [7, 11) is 1.86. The van der Waals surface area contributed by atoms with Crippen molar-refractivity contribution >= 4 is 46.7 Å². The number of hydrogen-bond acceptors (Lipinski definition) is 3. The molecule has 2 heterocycles. The standard InChI is InChI=1S/C33H36Cl3N3O3/c1-22(42-27-12-10-26(34)11-13-27)28-20-39(21-29(28)24-9-14-30(35)31(36)19-24)32(41)38-17-15-33(16-18-38,37(3)23(2)40)25-7-5-4-6-8-25/h4-14,19,22,28-29H,15-18,20-21H2,1-3H3/t22-,28?,29?/m1/s1. The number of piperidine rings is 1. The molecule has 0 aromatic heterocycles. The van der Waals surface area contributed by atoms with E-state index in [9.17, 15) is 9.59 Å². The largest absolute Gasteiger partial charge is 0.490 e. The monoisotopic (exact) mass is 627 g/mol. The molecule has 2 unspecified atom stereocenters. The van der Waals surface area contributed by atoms with Crippen LogP contribution in [0.25, 0.3) is 0 Å². The van der Waals surface area contributed by atoms with Gasteiger partial charge in [0.25, 0.3) is 0 Å². The average molecular weight is 629 g/mol. The van der Waals surface area contributed by atoms with E-state index in [1.807, 2.05) is 77.2 Å². The SMILES string of the molecule is CC(=O)N(C)C1(c2ccccc2)CCN(C(=O)N2CC(c3ccc(Cl)c(Cl)c3)C([C@@H](C)Oc3ccc(Cl)cc3)C2)CC1. The summed E-state index contributed by atoms with van der Waals surface area (Å²) in [6.45, 7) is 5.85. The fourth-order valence-corrected chi connectivity index (χ4v) is 6.94. The normalized spacial score (nSPS) is 20.7. The highest BCUT2D eigenvalue weighted by molar-refractivity contribution is 6.42. The zero-order chi connectivity index (χ0) is 30.0. The third-order valence-electron chi connectivity index (χ3n) is 9.03. The fraction of sp³-hybridized carbons (Fsp3) is 0.394. The number of nitrogens with zero attached hydrogens (tertiary/aromatic N) is 3. The van der Waals surface area contributed by atoms with Gasteiger partial charge in [-0.25, -0.2) is 4.79 Å². The zero-order valence-corrected chi connectivity index (χ0v) is 26.4. The summed E-state index contributed by atoms with van der Waals surface area (Å²) < 4.78 is 6.35. The summed E-state index contributed by atoms with van der Waals surface area (Å²) in [6, 6.07) is 23.2. The van der Waals surface area contributed by atoms with Crippen LogP contribution in [0, 0.1) is 5.92 Å². The minimum absolute atomic E-state index is 0.00777. The van der Waals surface area contributed by atoms with Gasteiger partial charge in [0.15, 0.2) is 0 Å². The van der Waals surface area contributed by atoms with Crippen molar-refractivity contribution in [1.82, 2.24) is 14.7 Å². The van der Waals surface area contributed by atoms with Gasteiger partial charge in [0, 0.05) is 57.0 Å². The quantitative estimate of drug-likeness (QED) is 0.281. The lowest BCUT2D eigenvalue weighted by Gasteiger charge is -2.48. The zero-order valence-electron chi connectivity index (χ0n) is 24.1. The second-order valence-electron chi connectivity index (χ2n) is 11.4. The van der Waals surface area contributed by atoms with Crippen molar-refractivity contribution in [1.29, 1.82) is 0 Å². The summed E-state index contributed by atoms with van der Waals surface area (Å²) in [5.41, 5.74) is 1.69. The van der Waals surface area contributed by atoms with Crippen molar-refractivity contribution in [2.24, 2.45) is 5.92 Å². The van der Waals surface area contributed by atoms with Crippen molar-refractivity contribution in [3.05, 3.63) is 99.0 Å². The molecule has 2 aliphatic rings. The van der Waals surface area contributed by atoms with E-state index in [0.29, 0.717) is 54.1 Å². The molecule has 0 spiro atoms. The molecule has 6 nitrogen and oxygen atoms in total. The highest BCUT2D eigenvalue weighted by Crippen LogP contribution is 2.41. The first-order chi connectivity index (χ1) is 20.1. The van der Waals surface area contributed by atoms with Crippen LogP contribution in [-0.4, -0.2) is 66.0 Å². The van der Waals surface area contributed by atoms with Crippen LogP contribution in [0.4, 0.5) is 4.79 Å². The Bertz CT molecular complexity index is 1410. The molecule has 0 N–H and O–H groups in total. The Balaban J connectivity index is 1.35. The van der Waals surface area contributed by atoms with Gasteiger partial charge in [0.1, 0.15) is 11.9 Å². The molecule has 3 amide bonds. The number of ether oxygens (including phenoxy) is 1. The van der Waals surface area contributed by atoms with E-state index >= 15 is 0 Å². The van der Waals surface area contributed by atoms with Gasteiger partial charge in [0.2, 0.25) is 5.91 Å². The van der Waals surface area contributed by atoms with Gasteiger partial charge in [-0.2, -0.15) is 0 Å². The molecule has 9 heteroatoms. The summed E-state index contributed by atoms with van der Waals surface area (Å²) in [6.07, 6.45) is 1.16. The first kappa shape index (κ1) is 30.5. The van der Waals surface area contributed by atoms with Crippen LogP contribution in [0.5, 0.6) is 5.75 Å². The summed E-state index contributed by atoms with van der Waals surface area (Å²) in [5.74, 6) is 0.787. The molecule has 42 heavy (non-hydrogen) atoms. The topological polar surface area (TPSA) is 53.1 Å². The molecule has 3 atom stereocenters. The number of amides is 3. The Hall–Kier alpha value is -2.93. The van der Waals surface area contributed by atoms with Gasteiger partial charge >= 0.3 is 6.03 Å². The maximum atomic E-state index is 14.0. The minimum Gasteiger partial charge on any atom is -0.490 e. The van der Waals surface area contributed by atoms with Gasteiger partial charge in [-0.05, 0) is 67.3 Å². The molecule has 0 radical (unpaired) electrons. The van der Waals surface area contributed by atoms with Crippen LogP contribution >= 0.6 is 34.8 Å². The Morgan fingerprint density at radius 1 is 0.905 bits per heavy atom. The Morgan fingerprint density at radius 3 is 2.19 bits per heavy atom. The predicted molar refractivity (Wildman–Crippen MR) is 169 cm³/mol. The number of carbonyl (C=O) groups excluding carboxylic acids is 2. The van der Waals surface area contributed by atoms with E-state index in [1.54, 1.807) is 19.1 Å². The summed E-state index contributed by atoms with van der Waals surface area (Å²) in [4.78, 5) is 32.2. The molecule has 0 aliphatic carbocycles. The Labute approximate surface area is 263 Å². The van der Waals surface area contributed by atoms with E-state index in [-0.39, 0.29) is 29.9 Å². The average Bonchev–Trinajstić information content (AvgIpc) is 3.45. The van der Waals surface area contributed by atoms with Gasteiger partial charge in [0.05, 0.1) is 15.6 Å². The van der Waals surface area contributed by atoms with Crippen molar-refractivity contribution < 1.29 is 14.3 Å². The minimum atomic E-state index is -0.444. The first-order valence-corrected chi connectivity index (χ1v) is 15.4. The lowest BCUT2D eigenvalue weighted by atomic mass is 9.79.